The van der Waals surface area contributed by atoms with Crippen molar-refractivity contribution in [1.82, 2.24) is 10.2 Å². The van der Waals surface area contributed by atoms with Crippen LogP contribution in [-0.4, -0.2) is 57.2 Å². The Morgan fingerprint density at radius 1 is 1.18 bits per heavy atom. The van der Waals surface area contributed by atoms with E-state index in [4.69, 9.17) is 15.5 Å². The highest BCUT2D eigenvalue weighted by Gasteiger charge is 2.58. The van der Waals surface area contributed by atoms with Gasteiger partial charge in [-0.25, -0.2) is 0 Å². The summed E-state index contributed by atoms with van der Waals surface area (Å²) in [6, 6.07) is 12.0. The van der Waals surface area contributed by atoms with Crippen LogP contribution >= 0.6 is 0 Å². The van der Waals surface area contributed by atoms with E-state index in [1.54, 1.807) is 18.2 Å². The minimum absolute atomic E-state index is 0.0330. The van der Waals surface area contributed by atoms with Crippen molar-refractivity contribution in [2.75, 3.05) is 13.3 Å². The number of phenols is 1. The number of aliphatic hydroxyl groups excluding tert-OH is 2. The van der Waals surface area contributed by atoms with Gasteiger partial charge in [-0.2, -0.15) is 0 Å². The maximum absolute atomic E-state index is 12.5. The average Bonchev–Trinajstić information content (AvgIpc) is 3.82. The lowest BCUT2D eigenvalue weighted by atomic mass is 9.52. The Bertz CT molecular complexity index is 1810. The molecule has 0 unspecified atom stereocenters. The molecule has 264 valence electrons. The number of aryl methyl sites for hydroxylation is 1. The van der Waals surface area contributed by atoms with Gasteiger partial charge in [0.1, 0.15) is 11.9 Å². The summed E-state index contributed by atoms with van der Waals surface area (Å²) in [5.41, 5.74) is 18.1. The number of aliphatic imine (C=N–C) groups is 1. The molecule has 8 rings (SSSR count). The summed E-state index contributed by atoms with van der Waals surface area (Å²) in [5, 5.41) is 34.5. The van der Waals surface area contributed by atoms with Gasteiger partial charge in [0.05, 0.1) is 24.5 Å². The summed E-state index contributed by atoms with van der Waals surface area (Å²) in [6.45, 7) is 2.88. The van der Waals surface area contributed by atoms with Crippen LogP contribution in [0.2, 0.25) is 0 Å². The highest BCUT2D eigenvalue weighted by molar-refractivity contribution is 6.10. The lowest BCUT2D eigenvalue weighted by Gasteiger charge is -2.52. The molecule has 2 aromatic rings. The monoisotopic (exact) mass is 678 g/mol. The zero-order valence-corrected chi connectivity index (χ0v) is 29.0. The predicted molar refractivity (Wildman–Crippen MR) is 193 cm³/mol. The molecule has 0 spiro atoms. The second-order valence-electron chi connectivity index (χ2n) is 15.3. The Kier molecular flexibility index (Phi) is 8.86. The number of rotatable bonds is 13. The number of ketones is 1. The number of allylic oxidation sites excluding steroid dienone is 3. The third-order valence-electron chi connectivity index (χ3n) is 12.2. The quantitative estimate of drug-likeness (QED) is 0.177. The van der Waals surface area contributed by atoms with Crippen LogP contribution in [0.25, 0.3) is 5.57 Å². The molecule has 0 saturated heterocycles. The molecule has 0 bridgehead atoms. The average molecular weight is 679 g/mol. The molecule has 0 aromatic heterocycles. The molecule has 3 heterocycles. The lowest BCUT2D eigenvalue weighted by Crippen LogP contribution is -2.47. The van der Waals surface area contributed by atoms with Gasteiger partial charge >= 0.3 is 0 Å². The molecule has 2 aromatic carbocycles. The molecule has 3 aliphatic carbocycles. The Labute approximate surface area is 294 Å². The Balaban J connectivity index is 0.972. The zero-order valence-electron chi connectivity index (χ0n) is 29.0. The summed E-state index contributed by atoms with van der Waals surface area (Å²) < 4.78 is 6.18. The molecule has 1 fully saturated rings. The largest absolute Gasteiger partial charge is 0.504 e. The van der Waals surface area contributed by atoms with Gasteiger partial charge in [0.15, 0.2) is 18.2 Å². The van der Waals surface area contributed by atoms with E-state index >= 15 is 0 Å². The van der Waals surface area contributed by atoms with Gasteiger partial charge in [0, 0.05) is 41.9 Å². The first-order valence-electron chi connectivity index (χ1n) is 18.7. The van der Waals surface area contributed by atoms with Crippen molar-refractivity contribution in [1.29, 1.82) is 0 Å². The minimum atomic E-state index is -0.836. The number of aromatic hydroxyl groups is 1. The highest BCUT2D eigenvalue weighted by atomic mass is 16.5. The summed E-state index contributed by atoms with van der Waals surface area (Å²) in [4.78, 5) is 19.7. The first-order valence-corrected chi connectivity index (χ1v) is 18.7. The summed E-state index contributed by atoms with van der Waals surface area (Å²) >= 11 is 0. The van der Waals surface area contributed by atoms with Gasteiger partial charge in [-0.05, 0) is 109 Å². The highest BCUT2D eigenvalue weighted by Crippen LogP contribution is 2.65. The number of carbonyl (C=O) groups excluding carboxylic acids is 1. The van der Waals surface area contributed by atoms with Gasteiger partial charge in [0.25, 0.3) is 0 Å². The van der Waals surface area contributed by atoms with Crippen molar-refractivity contribution in [3.8, 4) is 11.5 Å². The number of carbonyl (C=O) groups is 1. The SMILES string of the molecule is CCC[C@H](O)C[C@@H](O)CC(=O)CCc1ccc(O)c(OCN2C=C3C([C@@]45CCC[C@H]4[C@@H]4CCCC6=C4c4c(cccc45)[C@H](N)N6)=CN=C3C2)c1. The number of benzene rings is 2. The fourth-order valence-corrected chi connectivity index (χ4v) is 10.1. The summed E-state index contributed by atoms with van der Waals surface area (Å²) in [5.74, 6) is 1.43. The van der Waals surface area contributed by atoms with Crippen LogP contribution in [0.15, 0.2) is 70.6 Å². The Morgan fingerprint density at radius 3 is 2.92 bits per heavy atom. The van der Waals surface area contributed by atoms with Crippen molar-refractivity contribution in [2.45, 2.75) is 108 Å². The lowest BCUT2D eigenvalue weighted by molar-refractivity contribution is -0.121. The maximum Gasteiger partial charge on any atom is 0.163 e. The number of ether oxygens (including phenoxy) is 1. The molecule has 9 heteroatoms. The van der Waals surface area contributed by atoms with E-state index in [0.717, 1.165) is 30.5 Å². The number of hydrogen-bond acceptors (Lipinski definition) is 9. The van der Waals surface area contributed by atoms with Gasteiger partial charge in [-0.3, -0.25) is 9.79 Å². The van der Waals surface area contributed by atoms with E-state index < -0.39 is 12.2 Å². The number of nitrogens with two attached hydrogens (primary N) is 1. The van der Waals surface area contributed by atoms with Crippen LogP contribution in [0.3, 0.4) is 0 Å². The first kappa shape index (κ1) is 33.2. The normalized spacial score (nSPS) is 27.1. The van der Waals surface area contributed by atoms with E-state index in [-0.39, 0.29) is 49.1 Å². The van der Waals surface area contributed by atoms with Crippen molar-refractivity contribution in [3.05, 3.63) is 87.9 Å². The number of nitrogens with zero attached hydrogens (tertiary/aromatic N) is 2. The van der Waals surface area contributed by atoms with Crippen LogP contribution in [0, 0.1) is 11.8 Å². The van der Waals surface area contributed by atoms with Crippen LogP contribution in [0.4, 0.5) is 0 Å². The minimum Gasteiger partial charge on any atom is -0.504 e. The maximum atomic E-state index is 12.5. The number of nitrogens with one attached hydrogen (secondary N) is 1. The van der Waals surface area contributed by atoms with E-state index in [1.165, 1.54) is 64.8 Å². The Morgan fingerprint density at radius 2 is 2.06 bits per heavy atom. The molecule has 0 amide bonds. The first-order chi connectivity index (χ1) is 24.3. The van der Waals surface area contributed by atoms with Crippen LogP contribution < -0.4 is 15.8 Å². The van der Waals surface area contributed by atoms with Gasteiger partial charge in [0.2, 0.25) is 0 Å². The molecule has 6 aliphatic rings. The van der Waals surface area contributed by atoms with E-state index in [0.29, 0.717) is 37.0 Å². The molecule has 1 saturated carbocycles. The van der Waals surface area contributed by atoms with Crippen molar-refractivity contribution in [3.63, 3.8) is 0 Å². The Hall–Kier alpha value is -3.92. The van der Waals surface area contributed by atoms with Gasteiger partial charge < -0.3 is 36.0 Å². The molecule has 0 radical (unpaired) electrons. The van der Waals surface area contributed by atoms with Crippen LogP contribution in [-0.2, 0) is 16.6 Å². The molecule has 9 nitrogen and oxygen atoms in total. The molecule has 50 heavy (non-hydrogen) atoms. The van der Waals surface area contributed by atoms with Gasteiger partial charge in [-0.15, -0.1) is 0 Å². The van der Waals surface area contributed by atoms with E-state index in [9.17, 15) is 20.1 Å². The number of phenolic OH excluding ortho intramolecular Hbond substituents is 1. The van der Waals surface area contributed by atoms with E-state index in [2.05, 4.69) is 40.8 Å². The van der Waals surface area contributed by atoms with Crippen LogP contribution in [0.1, 0.15) is 106 Å². The second-order valence-corrected chi connectivity index (χ2v) is 15.3. The zero-order chi connectivity index (χ0) is 34.6. The summed E-state index contributed by atoms with van der Waals surface area (Å²) in [7, 11) is 0. The number of fused-ring (bicyclic) bond motifs is 4. The number of hydrogen-bond donors (Lipinski definition) is 5. The smallest absolute Gasteiger partial charge is 0.163 e. The van der Waals surface area contributed by atoms with Crippen molar-refractivity contribution < 1.29 is 24.9 Å². The van der Waals surface area contributed by atoms with Crippen molar-refractivity contribution >= 4 is 17.1 Å². The summed E-state index contributed by atoms with van der Waals surface area (Å²) in [6.07, 6.45) is 12.2. The van der Waals surface area contributed by atoms with Crippen molar-refractivity contribution in [2.24, 2.45) is 22.6 Å². The van der Waals surface area contributed by atoms with E-state index in [1.807, 2.05) is 6.92 Å². The topological polar surface area (TPSA) is 141 Å². The predicted octanol–water partition coefficient (Wildman–Crippen LogP) is 5.89. The van der Waals surface area contributed by atoms with Gasteiger partial charge in [-0.1, -0.05) is 44.0 Å². The molecular formula is C41H50N4O5. The second kappa shape index (κ2) is 13.3. The number of aliphatic hydroxyl groups is 2. The molecule has 6 N–H and O–H groups in total. The number of Topliss-reactive ketones (excluding diaryl/α,β-unsaturated/α-hetero) is 1. The fourth-order valence-electron chi connectivity index (χ4n) is 10.1. The molecule has 3 aliphatic heterocycles. The van der Waals surface area contributed by atoms with Crippen LogP contribution in [0.5, 0.6) is 11.5 Å². The third kappa shape index (κ3) is 5.67. The standard InChI is InChI=1S/C41H50N4O5/c1-2-6-25(46)18-27(48)19-26(47)14-12-24-13-15-36(49)37(17-24)50-23-45-21-30-33(20-43-35(30)22-45)41-16-5-10-31(41)28-7-4-11-34-39(28)38-29(40(42)44-34)8-3-9-32(38)41/h3,8-9,13,15,17,20-21,25,27-28,31,40,44,46,48-49H,2,4-7,10-12,14,16,18-19,22-23,42H2,1H3/t25-,27+,28-,31-,40+,41-/m0/s1. The molecular weight excluding hydrogens is 628 g/mol. The third-order valence-corrected chi connectivity index (χ3v) is 12.2. The molecule has 6 atom stereocenters. The fraction of sp³-hybridized carbons (Fsp3) is 0.512.